The molecule has 146 valence electrons. The van der Waals surface area contributed by atoms with Gasteiger partial charge in [0.15, 0.2) is 0 Å². The molecule has 1 aromatic carbocycles. The Hall–Kier alpha value is -3.22. The molecule has 1 saturated heterocycles. The summed E-state index contributed by atoms with van der Waals surface area (Å²) in [6, 6.07) is 10.9. The summed E-state index contributed by atoms with van der Waals surface area (Å²) in [4.78, 5) is 42.6. The number of piperidine rings is 1. The van der Waals surface area contributed by atoms with Gasteiger partial charge in [-0.15, -0.1) is 0 Å². The van der Waals surface area contributed by atoms with Crippen molar-refractivity contribution in [3.05, 3.63) is 59.9 Å². The lowest BCUT2D eigenvalue weighted by atomic mass is 9.84. The molecule has 3 N–H and O–H groups in total. The Balaban J connectivity index is 1.83. The highest BCUT2D eigenvalue weighted by Gasteiger charge is 2.38. The number of nitrogens with one attached hydrogen (secondary N) is 1. The van der Waals surface area contributed by atoms with Gasteiger partial charge in [-0.05, 0) is 37.3 Å². The number of nitrogens with zero attached hydrogens (tertiary/aromatic N) is 2. The van der Waals surface area contributed by atoms with Crippen molar-refractivity contribution in [1.29, 1.82) is 0 Å². The summed E-state index contributed by atoms with van der Waals surface area (Å²) in [6.07, 6.45) is 4.46. The van der Waals surface area contributed by atoms with Crippen LogP contribution in [0, 0.1) is 5.92 Å². The van der Waals surface area contributed by atoms with Gasteiger partial charge in [0.1, 0.15) is 0 Å². The maximum Gasteiger partial charge on any atom is 0.313 e. The van der Waals surface area contributed by atoms with Gasteiger partial charge in [0.25, 0.3) is 0 Å². The van der Waals surface area contributed by atoms with Crippen LogP contribution in [0.1, 0.15) is 48.7 Å². The quantitative estimate of drug-likeness (QED) is 0.798. The predicted octanol–water partition coefficient (Wildman–Crippen LogP) is 2.51. The van der Waals surface area contributed by atoms with Crippen molar-refractivity contribution in [2.24, 2.45) is 11.7 Å². The Morgan fingerprint density at radius 2 is 1.82 bits per heavy atom. The first-order valence-electron chi connectivity index (χ1n) is 9.32. The van der Waals surface area contributed by atoms with Crippen LogP contribution in [0.2, 0.25) is 0 Å². The van der Waals surface area contributed by atoms with Crippen molar-refractivity contribution in [2.75, 3.05) is 5.32 Å². The number of amides is 3. The number of aromatic nitrogens is 1. The summed E-state index contributed by atoms with van der Waals surface area (Å²) < 4.78 is 0. The lowest BCUT2D eigenvalue weighted by Gasteiger charge is -2.44. The van der Waals surface area contributed by atoms with E-state index in [1.165, 1.54) is 18.5 Å². The maximum atomic E-state index is 13.1. The van der Waals surface area contributed by atoms with Crippen molar-refractivity contribution < 1.29 is 14.4 Å². The van der Waals surface area contributed by atoms with Crippen LogP contribution in [0.4, 0.5) is 5.69 Å². The number of carbonyl (C=O) groups excluding carboxylic acids is 3. The van der Waals surface area contributed by atoms with Gasteiger partial charge >= 0.3 is 11.8 Å². The standard InChI is InChI=1S/C21H24N4O3/c1-13-8-9-18(15-6-4-3-5-7-15)25(14(13)2)21(28)20(27)24-17-10-16(19(22)26)11-23-12-17/h3-7,10-14,18H,8-9H2,1-2H3,(H2,22,26)(H,24,27)/t13-,14-,18?/m0/s1. The molecule has 2 heterocycles. The average Bonchev–Trinajstić information content (AvgIpc) is 2.70. The van der Waals surface area contributed by atoms with Crippen molar-refractivity contribution in [3.8, 4) is 0 Å². The number of carbonyl (C=O) groups is 3. The van der Waals surface area contributed by atoms with Crippen LogP contribution in [-0.2, 0) is 9.59 Å². The highest BCUT2D eigenvalue weighted by Crippen LogP contribution is 2.37. The van der Waals surface area contributed by atoms with Crippen LogP contribution >= 0.6 is 0 Å². The first kappa shape index (κ1) is 19.5. The van der Waals surface area contributed by atoms with E-state index in [4.69, 9.17) is 5.73 Å². The van der Waals surface area contributed by atoms with Crippen molar-refractivity contribution in [3.63, 3.8) is 0 Å². The molecule has 0 saturated carbocycles. The minimum atomic E-state index is -0.759. The van der Waals surface area contributed by atoms with Gasteiger partial charge in [0, 0.05) is 12.2 Å². The van der Waals surface area contributed by atoms with Crippen molar-refractivity contribution in [2.45, 2.75) is 38.8 Å². The molecule has 0 radical (unpaired) electrons. The lowest BCUT2D eigenvalue weighted by molar-refractivity contribution is -0.149. The van der Waals surface area contributed by atoms with Crippen molar-refractivity contribution >= 4 is 23.4 Å². The number of benzene rings is 1. The number of nitrogens with two attached hydrogens (primary N) is 1. The van der Waals surface area contributed by atoms with Crippen LogP contribution in [0.5, 0.6) is 0 Å². The second kappa shape index (κ2) is 8.21. The number of rotatable bonds is 3. The second-order valence-corrected chi connectivity index (χ2v) is 7.21. The highest BCUT2D eigenvalue weighted by atomic mass is 16.2. The molecular weight excluding hydrogens is 356 g/mol. The molecule has 7 heteroatoms. The van der Waals surface area contributed by atoms with E-state index in [0.29, 0.717) is 0 Å². The summed E-state index contributed by atoms with van der Waals surface area (Å²) >= 11 is 0. The van der Waals surface area contributed by atoms with Crippen LogP contribution in [0.25, 0.3) is 0 Å². The molecule has 28 heavy (non-hydrogen) atoms. The first-order valence-corrected chi connectivity index (χ1v) is 9.32. The van der Waals surface area contributed by atoms with E-state index in [0.717, 1.165) is 18.4 Å². The zero-order valence-electron chi connectivity index (χ0n) is 16.0. The topological polar surface area (TPSA) is 105 Å². The van der Waals surface area contributed by atoms with E-state index >= 15 is 0 Å². The Labute approximate surface area is 163 Å². The van der Waals surface area contributed by atoms with E-state index in [1.54, 1.807) is 4.90 Å². The fourth-order valence-corrected chi connectivity index (χ4v) is 3.63. The van der Waals surface area contributed by atoms with Crippen LogP contribution in [0.3, 0.4) is 0 Å². The van der Waals surface area contributed by atoms with Gasteiger partial charge in [-0.1, -0.05) is 37.3 Å². The summed E-state index contributed by atoms with van der Waals surface area (Å²) in [5.74, 6) is -1.73. The van der Waals surface area contributed by atoms with Gasteiger partial charge < -0.3 is 16.0 Å². The molecule has 1 aliphatic rings. The zero-order chi connectivity index (χ0) is 20.3. The molecule has 1 aliphatic heterocycles. The Bertz CT molecular complexity index is 884. The molecule has 0 bridgehead atoms. The molecule has 3 atom stereocenters. The molecule has 0 aliphatic carbocycles. The third-order valence-electron chi connectivity index (χ3n) is 5.39. The molecule has 2 aromatic rings. The van der Waals surface area contributed by atoms with Crippen LogP contribution in [0.15, 0.2) is 48.8 Å². The Morgan fingerprint density at radius 3 is 2.50 bits per heavy atom. The number of pyridine rings is 1. The van der Waals surface area contributed by atoms with E-state index in [9.17, 15) is 14.4 Å². The van der Waals surface area contributed by atoms with Gasteiger partial charge in [0.2, 0.25) is 5.91 Å². The fourth-order valence-electron chi connectivity index (χ4n) is 3.63. The minimum absolute atomic E-state index is 0.0766. The zero-order valence-corrected chi connectivity index (χ0v) is 16.0. The van der Waals surface area contributed by atoms with E-state index in [2.05, 4.69) is 17.2 Å². The summed E-state index contributed by atoms with van der Waals surface area (Å²) in [7, 11) is 0. The number of anilines is 1. The molecule has 1 fully saturated rings. The SMILES string of the molecule is C[C@H]1CCC(c2ccccc2)N(C(=O)C(=O)Nc2cncc(C(N)=O)c2)[C@H]1C. The van der Waals surface area contributed by atoms with E-state index in [1.807, 2.05) is 37.3 Å². The van der Waals surface area contributed by atoms with E-state index in [-0.39, 0.29) is 29.3 Å². The third-order valence-corrected chi connectivity index (χ3v) is 5.39. The average molecular weight is 380 g/mol. The molecule has 0 spiro atoms. The molecule has 3 amide bonds. The Kier molecular flexibility index (Phi) is 5.73. The Morgan fingerprint density at radius 1 is 1.11 bits per heavy atom. The second-order valence-electron chi connectivity index (χ2n) is 7.21. The lowest BCUT2D eigenvalue weighted by Crippen LogP contribution is -2.51. The van der Waals surface area contributed by atoms with Gasteiger partial charge in [-0.2, -0.15) is 0 Å². The largest absolute Gasteiger partial charge is 0.366 e. The molecule has 3 rings (SSSR count). The number of hydrogen-bond acceptors (Lipinski definition) is 4. The highest BCUT2D eigenvalue weighted by molar-refractivity contribution is 6.39. The molecule has 1 unspecified atom stereocenters. The number of primary amides is 1. The minimum Gasteiger partial charge on any atom is -0.366 e. The van der Waals surface area contributed by atoms with Gasteiger partial charge in [-0.25, -0.2) is 0 Å². The summed E-state index contributed by atoms with van der Waals surface area (Å²) in [6.45, 7) is 4.06. The number of likely N-dealkylation sites (tertiary alicyclic amines) is 1. The van der Waals surface area contributed by atoms with Crippen LogP contribution in [-0.4, -0.2) is 33.6 Å². The molecule has 1 aromatic heterocycles. The van der Waals surface area contributed by atoms with E-state index < -0.39 is 17.7 Å². The maximum absolute atomic E-state index is 13.1. The normalized spacial score (nSPS) is 21.8. The smallest absolute Gasteiger partial charge is 0.313 e. The fraction of sp³-hybridized carbons (Fsp3) is 0.333. The first-order chi connectivity index (χ1) is 13.4. The molecular formula is C21H24N4O3. The number of hydrogen-bond donors (Lipinski definition) is 2. The van der Waals surface area contributed by atoms with Crippen molar-refractivity contribution in [1.82, 2.24) is 9.88 Å². The molecule has 7 nitrogen and oxygen atoms in total. The van der Waals surface area contributed by atoms with Gasteiger partial charge in [-0.3, -0.25) is 19.4 Å². The monoisotopic (exact) mass is 380 g/mol. The van der Waals surface area contributed by atoms with Crippen LogP contribution < -0.4 is 11.1 Å². The predicted molar refractivity (Wildman–Crippen MR) is 105 cm³/mol. The third kappa shape index (κ3) is 4.03. The summed E-state index contributed by atoms with van der Waals surface area (Å²) in [5.41, 5.74) is 6.67. The van der Waals surface area contributed by atoms with Gasteiger partial charge in [0.05, 0.1) is 23.5 Å². The summed E-state index contributed by atoms with van der Waals surface area (Å²) in [5, 5.41) is 2.54.